The van der Waals surface area contributed by atoms with E-state index in [1.807, 2.05) is 0 Å². The summed E-state index contributed by atoms with van der Waals surface area (Å²) in [6, 6.07) is 4.01. The third-order valence-corrected chi connectivity index (χ3v) is 5.26. The molecule has 0 saturated carbocycles. The van der Waals surface area contributed by atoms with Crippen molar-refractivity contribution in [2.24, 2.45) is 0 Å². The number of nitro groups is 1. The van der Waals surface area contributed by atoms with Crippen LogP contribution in [0.2, 0.25) is 5.02 Å². The van der Waals surface area contributed by atoms with Gasteiger partial charge in [-0.05, 0) is 24.6 Å². The van der Waals surface area contributed by atoms with Gasteiger partial charge < -0.3 is 20.1 Å². The van der Waals surface area contributed by atoms with E-state index < -0.39 is 22.8 Å². The summed E-state index contributed by atoms with van der Waals surface area (Å²) in [7, 11) is 2.38. The molecule has 0 spiro atoms. The number of carbonyl (C=O) groups excluding carboxylic acids is 3. The highest BCUT2D eigenvalue weighted by Gasteiger charge is 2.26. The molecule has 0 saturated heterocycles. The first-order chi connectivity index (χ1) is 13.7. The van der Waals surface area contributed by atoms with Gasteiger partial charge in [-0.3, -0.25) is 14.9 Å². The highest BCUT2D eigenvalue weighted by Crippen LogP contribution is 2.34. The molecule has 0 aliphatic carbocycles. The molecule has 0 fully saturated rings. The van der Waals surface area contributed by atoms with Gasteiger partial charge in [0.1, 0.15) is 14.9 Å². The fourth-order valence-electron chi connectivity index (χ4n) is 2.35. The number of halogens is 1. The Morgan fingerprint density at radius 2 is 1.86 bits per heavy atom. The molecule has 0 unspecified atom stereocenters. The van der Waals surface area contributed by atoms with Gasteiger partial charge in [-0.15, -0.1) is 11.3 Å². The summed E-state index contributed by atoms with van der Waals surface area (Å²) in [4.78, 5) is 46.7. The van der Waals surface area contributed by atoms with Crippen LogP contribution in [0.5, 0.6) is 0 Å². The summed E-state index contributed by atoms with van der Waals surface area (Å²) in [5.74, 6) is -1.92. The molecule has 0 atom stereocenters. The number of hydrogen-bond donors (Lipinski definition) is 2. The number of methoxy groups -OCH3 is 2. The van der Waals surface area contributed by atoms with Crippen molar-refractivity contribution in [3.8, 4) is 0 Å². The molecule has 154 valence electrons. The largest absolute Gasteiger partial charge is 0.465 e. The normalized spacial score (nSPS) is 10.2. The topological polar surface area (TPSA) is 137 Å². The number of rotatable bonds is 7. The Labute approximate surface area is 173 Å². The minimum absolute atomic E-state index is 0.0304. The first-order valence-electron chi connectivity index (χ1n) is 7.97. The van der Waals surface area contributed by atoms with Gasteiger partial charge >= 0.3 is 11.9 Å². The van der Waals surface area contributed by atoms with E-state index in [4.69, 9.17) is 16.3 Å². The fraction of sp³-hybridized carbons (Fsp3) is 0.235. The number of hydrogen-bond acceptors (Lipinski definition) is 9. The number of nitrogens with zero attached hydrogens (tertiary/aromatic N) is 1. The average Bonchev–Trinajstić information content (AvgIpc) is 3.01. The quantitative estimate of drug-likeness (QED) is 0.379. The Morgan fingerprint density at radius 1 is 1.21 bits per heavy atom. The van der Waals surface area contributed by atoms with Gasteiger partial charge in [0.25, 0.3) is 5.69 Å². The Balaban J connectivity index is 2.18. The monoisotopic (exact) mass is 441 g/mol. The van der Waals surface area contributed by atoms with E-state index in [1.165, 1.54) is 39.3 Å². The number of thiophene rings is 1. The lowest BCUT2D eigenvalue weighted by Crippen LogP contribution is -2.22. The smallest absolute Gasteiger partial charge is 0.348 e. The molecule has 0 radical (unpaired) electrons. The van der Waals surface area contributed by atoms with Crippen molar-refractivity contribution in [1.82, 2.24) is 0 Å². The number of esters is 2. The van der Waals surface area contributed by atoms with Crippen LogP contribution in [-0.2, 0) is 14.3 Å². The van der Waals surface area contributed by atoms with Gasteiger partial charge in [0.2, 0.25) is 5.91 Å². The van der Waals surface area contributed by atoms with Crippen molar-refractivity contribution in [3.63, 3.8) is 0 Å². The lowest BCUT2D eigenvalue weighted by molar-refractivity contribution is -0.384. The lowest BCUT2D eigenvalue weighted by atomic mass is 10.1. The highest BCUT2D eigenvalue weighted by atomic mass is 35.5. The number of anilines is 2. The minimum atomic E-state index is -0.717. The molecule has 2 rings (SSSR count). The standard InChI is InChI=1S/C17H16ClN3O7S/c1-8-13(16(23)27-2)15(29-14(8)17(24)28-3)20-12(22)7-19-9-4-5-10(18)11(6-9)21(25)26/h4-6,19H,7H2,1-3H3,(H,20,22). The van der Waals surface area contributed by atoms with E-state index in [9.17, 15) is 24.5 Å². The SMILES string of the molecule is COC(=O)c1sc(NC(=O)CNc2ccc(Cl)c([N+](=O)[O-])c2)c(C(=O)OC)c1C. The lowest BCUT2D eigenvalue weighted by Gasteiger charge is -2.08. The second-order valence-electron chi connectivity index (χ2n) is 5.57. The van der Waals surface area contributed by atoms with Crippen LogP contribution in [0.1, 0.15) is 25.6 Å². The third-order valence-electron chi connectivity index (χ3n) is 3.76. The molecule has 0 aliphatic heterocycles. The molecule has 1 aromatic carbocycles. The zero-order chi connectivity index (χ0) is 21.7. The van der Waals surface area contributed by atoms with E-state index in [1.54, 1.807) is 0 Å². The average molecular weight is 442 g/mol. The summed E-state index contributed by atoms with van der Waals surface area (Å²) < 4.78 is 9.39. The van der Waals surface area contributed by atoms with Gasteiger partial charge in [-0.1, -0.05) is 11.6 Å². The van der Waals surface area contributed by atoms with Crippen LogP contribution in [0.3, 0.4) is 0 Å². The molecule has 1 heterocycles. The molecule has 2 N–H and O–H groups in total. The number of ether oxygens (including phenoxy) is 2. The van der Waals surface area contributed by atoms with Crippen molar-refractivity contribution in [3.05, 3.63) is 49.3 Å². The van der Waals surface area contributed by atoms with E-state index >= 15 is 0 Å². The Morgan fingerprint density at radius 3 is 2.45 bits per heavy atom. The fourth-order valence-corrected chi connectivity index (χ4v) is 3.67. The van der Waals surface area contributed by atoms with Crippen LogP contribution in [0.25, 0.3) is 0 Å². The molecule has 29 heavy (non-hydrogen) atoms. The first kappa shape index (κ1) is 22.1. The highest BCUT2D eigenvalue weighted by molar-refractivity contribution is 7.18. The van der Waals surface area contributed by atoms with Crippen LogP contribution in [0.15, 0.2) is 18.2 Å². The number of benzene rings is 1. The van der Waals surface area contributed by atoms with Gasteiger partial charge in [0.05, 0.1) is 31.3 Å². The summed E-state index contributed by atoms with van der Waals surface area (Å²) in [6.45, 7) is 1.28. The molecule has 2 aromatic rings. The molecular formula is C17H16ClN3O7S. The Bertz CT molecular complexity index is 990. The number of amides is 1. The number of nitro benzene ring substituents is 1. The zero-order valence-corrected chi connectivity index (χ0v) is 17.1. The van der Waals surface area contributed by atoms with Crippen molar-refractivity contribution in [1.29, 1.82) is 0 Å². The van der Waals surface area contributed by atoms with Crippen LogP contribution in [0.4, 0.5) is 16.4 Å². The second kappa shape index (κ2) is 9.34. The van der Waals surface area contributed by atoms with E-state index in [0.29, 0.717) is 11.3 Å². The summed E-state index contributed by atoms with van der Waals surface area (Å²) in [5, 5.41) is 16.3. The molecule has 1 aromatic heterocycles. The van der Waals surface area contributed by atoms with Crippen molar-refractivity contribution in [2.75, 3.05) is 31.4 Å². The molecule has 10 nitrogen and oxygen atoms in total. The summed E-state index contributed by atoms with van der Waals surface area (Å²) in [6.07, 6.45) is 0. The molecule has 1 amide bonds. The van der Waals surface area contributed by atoms with E-state index in [2.05, 4.69) is 15.4 Å². The van der Waals surface area contributed by atoms with Gasteiger partial charge in [-0.25, -0.2) is 9.59 Å². The number of nitrogens with one attached hydrogen (secondary N) is 2. The Hall–Kier alpha value is -3.18. The van der Waals surface area contributed by atoms with E-state index in [-0.39, 0.29) is 32.7 Å². The van der Waals surface area contributed by atoms with Crippen LogP contribution >= 0.6 is 22.9 Å². The second-order valence-corrected chi connectivity index (χ2v) is 7.00. The van der Waals surface area contributed by atoms with Crippen molar-refractivity contribution in [2.45, 2.75) is 6.92 Å². The zero-order valence-electron chi connectivity index (χ0n) is 15.5. The maximum absolute atomic E-state index is 12.3. The molecular weight excluding hydrogens is 426 g/mol. The maximum Gasteiger partial charge on any atom is 0.348 e. The predicted octanol–water partition coefficient (Wildman–Crippen LogP) is 3.24. The third kappa shape index (κ3) is 5.00. The number of carbonyl (C=O) groups is 3. The van der Waals surface area contributed by atoms with Crippen LogP contribution in [-0.4, -0.2) is 43.5 Å². The van der Waals surface area contributed by atoms with E-state index in [0.717, 1.165) is 11.3 Å². The van der Waals surface area contributed by atoms with Crippen molar-refractivity contribution < 1.29 is 28.8 Å². The van der Waals surface area contributed by atoms with Crippen molar-refractivity contribution >= 4 is 57.2 Å². The van der Waals surface area contributed by atoms with Gasteiger partial charge in [0, 0.05) is 11.8 Å². The van der Waals surface area contributed by atoms with Crippen LogP contribution < -0.4 is 10.6 Å². The van der Waals surface area contributed by atoms with Gasteiger partial charge in [-0.2, -0.15) is 0 Å². The summed E-state index contributed by atoms with van der Waals surface area (Å²) in [5.41, 5.74) is 0.377. The minimum Gasteiger partial charge on any atom is -0.465 e. The molecule has 0 bridgehead atoms. The van der Waals surface area contributed by atoms with Gasteiger partial charge in [0.15, 0.2) is 0 Å². The maximum atomic E-state index is 12.3. The van der Waals surface area contributed by atoms with Crippen LogP contribution in [0, 0.1) is 17.0 Å². The molecule has 0 aliphatic rings. The molecule has 12 heteroatoms. The predicted molar refractivity (Wildman–Crippen MR) is 107 cm³/mol. The Kier molecular flexibility index (Phi) is 7.13. The first-order valence-corrected chi connectivity index (χ1v) is 9.16. The summed E-state index contributed by atoms with van der Waals surface area (Å²) >= 11 is 6.63.